The van der Waals surface area contributed by atoms with Gasteiger partial charge in [0.05, 0.1) is 22.1 Å². The Balaban J connectivity index is 1.20. The highest BCUT2D eigenvalue weighted by molar-refractivity contribution is 9.11. The lowest BCUT2D eigenvalue weighted by molar-refractivity contribution is 0.652. The summed E-state index contributed by atoms with van der Waals surface area (Å²) in [4.78, 5) is 0. The number of aromatic nitrogens is 2. The molecule has 0 atom stereocenters. The molecule has 4 aromatic heterocycles. The zero-order valence-electron chi connectivity index (χ0n) is 25.2. The van der Waals surface area contributed by atoms with Crippen LogP contribution in [0.2, 0.25) is 0 Å². The molecule has 0 aliphatic rings. The maximum atomic E-state index is 6.54. The predicted octanol–water partition coefficient (Wildman–Crippen LogP) is 13.2. The van der Waals surface area contributed by atoms with Crippen molar-refractivity contribution >= 4 is 119 Å². The molecule has 48 heavy (non-hydrogen) atoms. The number of furan rings is 2. The lowest BCUT2D eigenvalue weighted by Crippen LogP contribution is -1.93. The normalized spacial score (nSPS) is 12.4. The van der Waals surface area contributed by atoms with Crippen LogP contribution in [0.5, 0.6) is 0 Å². The van der Waals surface area contributed by atoms with Gasteiger partial charge in [-0.1, -0.05) is 72.8 Å². The predicted molar refractivity (Wildman–Crippen MR) is 205 cm³/mol. The number of benzene rings is 7. The summed E-state index contributed by atoms with van der Waals surface area (Å²) in [5, 5.41) is 9.03. The number of para-hydroxylation sites is 4. The van der Waals surface area contributed by atoms with Crippen molar-refractivity contribution in [2.24, 2.45) is 0 Å². The lowest BCUT2D eigenvalue weighted by atomic mass is 10.1. The van der Waals surface area contributed by atoms with Crippen molar-refractivity contribution in [2.45, 2.75) is 0 Å². The minimum absolute atomic E-state index is 0.755. The largest absolute Gasteiger partial charge is 0.455 e. The highest BCUT2D eigenvalue weighted by Crippen LogP contribution is 2.48. The maximum absolute atomic E-state index is 6.54. The van der Waals surface area contributed by atoms with Crippen LogP contribution in [0.4, 0.5) is 0 Å². The summed E-state index contributed by atoms with van der Waals surface area (Å²) in [6, 6.07) is 47.3. The number of hydrogen-bond donors (Lipinski definition) is 0. The minimum atomic E-state index is 0.755. The molecule has 4 heterocycles. The molecular weight excluding hydrogens is 724 g/mol. The van der Waals surface area contributed by atoms with Crippen LogP contribution in [0.1, 0.15) is 0 Å². The van der Waals surface area contributed by atoms with Gasteiger partial charge in [-0.15, -0.1) is 0 Å². The minimum Gasteiger partial charge on any atom is -0.455 e. The lowest BCUT2D eigenvalue weighted by Gasteiger charge is -2.08. The second-order valence-electron chi connectivity index (χ2n) is 12.3. The van der Waals surface area contributed by atoms with E-state index in [0.717, 1.165) is 64.2 Å². The van der Waals surface area contributed by atoms with Gasteiger partial charge in [0.2, 0.25) is 0 Å². The molecule has 0 saturated carbocycles. The molecule has 0 radical (unpaired) electrons. The fraction of sp³-hybridized carbons (Fsp3) is 0. The molecule has 7 aromatic carbocycles. The second kappa shape index (κ2) is 9.63. The summed E-state index contributed by atoms with van der Waals surface area (Å²) in [5.41, 5.74) is 10.00. The fourth-order valence-electron chi connectivity index (χ4n) is 7.82. The Morgan fingerprint density at radius 3 is 1.10 bits per heavy atom. The molecule has 4 nitrogen and oxygen atoms in total. The van der Waals surface area contributed by atoms with Crippen molar-refractivity contribution < 1.29 is 8.83 Å². The van der Waals surface area contributed by atoms with E-state index in [-0.39, 0.29) is 0 Å². The van der Waals surface area contributed by atoms with Crippen LogP contribution in [-0.2, 0) is 0 Å². The van der Waals surface area contributed by atoms with Crippen molar-refractivity contribution in [3.8, 4) is 11.4 Å². The molecule has 11 aromatic rings. The molecule has 0 unspecified atom stereocenters. The van der Waals surface area contributed by atoms with Gasteiger partial charge in [0.1, 0.15) is 15.6 Å². The highest BCUT2D eigenvalue weighted by atomic mass is 79.9. The van der Waals surface area contributed by atoms with Crippen molar-refractivity contribution in [3.63, 3.8) is 0 Å². The summed E-state index contributed by atoms with van der Waals surface area (Å²) in [5.74, 6) is 0. The van der Waals surface area contributed by atoms with Gasteiger partial charge in [0.25, 0.3) is 0 Å². The molecule has 0 saturated heterocycles. The number of halogens is 2. The smallest absolute Gasteiger partial charge is 0.154 e. The van der Waals surface area contributed by atoms with E-state index in [1.807, 2.05) is 0 Å². The molecule has 11 rings (SSSR count). The number of rotatable bonds is 2. The Labute approximate surface area is 289 Å². The molecule has 0 spiro atoms. The first-order valence-electron chi connectivity index (χ1n) is 15.8. The Hall–Kier alpha value is -5.30. The van der Waals surface area contributed by atoms with Gasteiger partial charge < -0.3 is 18.0 Å². The number of fused-ring (bicyclic) bond motifs is 12. The third-order valence-corrected chi connectivity index (χ3v) is 11.4. The molecule has 0 amide bonds. The van der Waals surface area contributed by atoms with Crippen molar-refractivity contribution in [1.82, 2.24) is 9.13 Å². The Kier molecular flexibility index (Phi) is 5.36. The van der Waals surface area contributed by atoms with Gasteiger partial charge in [-0.25, -0.2) is 0 Å². The van der Waals surface area contributed by atoms with E-state index in [0.29, 0.717) is 0 Å². The van der Waals surface area contributed by atoms with E-state index in [1.165, 1.54) is 43.6 Å². The van der Waals surface area contributed by atoms with Crippen LogP contribution in [0.25, 0.3) is 98.9 Å². The average molecular weight is 746 g/mol. The van der Waals surface area contributed by atoms with Crippen molar-refractivity contribution in [3.05, 3.63) is 142 Å². The zero-order chi connectivity index (χ0) is 31.7. The third kappa shape index (κ3) is 3.43. The van der Waals surface area contributed by atoms with Crippen molar-refractivity contribution in [1.29, 1.82) is 0 Å². The molecular formula is C42H22Br2N2O2. The van der Waals surface area contributed by atoms with E-state index >= 15 is 0 Å². The van der Waals surface area contributed by atoms with Crippen LogP contribution < -0.4 is 0 Å². The van der Waals surface area contributed by atoms with Gasteiger partial charge in [0, 0.05) is 58.9 Å². The topological polar surface area (TPSA) is 36.1 Å². The summed E-state index contributed by atoms with van der Waals surface area (Å²) in [6.45, 7) is 0. The van der Waals surface area contributed by atoms with Crippen LogP contribution in [-0.4, -0.2) is 9.13 Å². The Morgan fingerprint density at radius 2 is 0.729 bits per heavy atom. The van der Waals surface area contributed by atoms with E-state index in [9.17, 15) is 0 Å². The summed E-state index contributed by atoms with van der Waals surface area (Å²) in [7, 11) is 0. The molecule has 0 bridgehead atoms. The molecule has 0 fully saturated rings. The number of nitrogens with zero attached hydrogens (tertiary/aromatic N) is 2. The molecule has 0 aliphatic heterocycles. The summed E-state index contributed by atoms with van der Waals surface area (Å²) < 4.78 is 19.5. The first-order chi connectivity index (χ1) is 23.7. The van der Waals surface area contributed by atoms with Gasteiger partial charge in [-0.2, -0.15) is 0 Å². The van der Waals surface area contributed by atoms with Crippen LogP contribution in [0.15, 0.2) is 151 Å². The molecule has 0 aliphatic carbocycles. The molecule has 226 valence electrons. The fourth-order valence-corrected chi connectivity index (χ4v) is 9.17. The zero-order valence-corrected chi connectivity index (χ0v) is 28.3. The average Bonchev–Trinajstić information content (AvgIpc) is 3.88. The van der Waals surface area contributed by atoms with E-state index in [2.05, 4.69) is 174 Å². The summed E-state index contributed by atoms with van der Waals surface area (Å²) in [6.07, 6.45) is 0. The van der Waals surface area contributed by atoms with Crippen LogP contribution in [0.3, 0.4) is 0 Å². The Bertz CT molecular complexity index is 2840. The van der Waals surface area contributed by atoms with Crippen molar-refractivity contribution in [2.75, 3.05) is 0 Å². The SMILES string of the molecule is Brc1c2oc3ccc(-n4c5ccccc5c5ccccc54)cc3c2c(Br)c2c1oc1ccc(-n3c4ccccc4c4ccccc43)cc12. The van der Waals surface area contributed by atoms with E-state index in [1.54, 1.807) is 0 Å². The van der Waals surface area contributed by atoms with Crippen LogP contribution in [0, 0.1) is 0 Å². The van der Waals surface area contributed by atoms with Gasteiger partial charge in [0.15, 0.2) is 11.2 Å². The quantitative estimate of drug-likeness (QED) is 0.177. The number of hydrogen-bond acceptors (Lipinski definition) is 2. The highest BCUT2D eigenvalue weighted by Gasteiger charge is 2.24. The maximum Gasteiger partial charge on any atom is 0.154 e. The molecule has 0 N–H and O–H groups in total. The first-order valence-corrected chi connectivity index (χ1v) is 17.4. The molecule has 6 heteroatoms. The third-order valence-electron chi connectivity index (χ3n) is 9.86. The van der Waals surface area contributed by atoms with E-state index < -0.39 is 0 Å². The van der Waals surface area contributed by atoms with Gasteiger partial charge in [-0.3, -0.25) is 0 Å². The van der Waals surface area contributed by atoms with E-state index in [4.69, 9.17) is 8.83 Å². The van der Waals surface area contributed by atoms with Gasteiger partial charge >= 0.3 is 0 Å². The summed E-state index contributed by atoms with van der Waals surface area (Å²) >= 11 is 7.97. The van der Waals surface area contributed by atoms with Gasteiger partial charge in [-0.05, 0) is 92.5 Å². The second-order valence-corrected chi connectivity index (χ2v) is 13.9. The Morgan fingerprint density at radius 1 is 0.375 bits per heavy atom. The monoisotopic (exact) mass is 744 g/mol. The standard InChI is InChI=1S/C42H22Br2N2O2/c43-39-37-29-21-23(45-31-13-5-1-9-25(31)26-10-2-6-14-32(26)45)17-19-35(29)47-41(37)40(44)42-38(39)30-22-24(18-20-36(30)48-42)46-33-15-7-3-11-27(33)28-12-4-8-16-34(28)46/h1-22H. The van der Waals surface area contributed by atoms with Crippen LogP contribution >= 0.6 is 31.9 Å². The first kappa shape index (κ1) is 26.7.